The van der Waals surface area contributed by atoms with Crippen LogP contribution in [0, 0.1) is 17.6 Å². The summed E-state index contributed by atoms with van der Waals surface area (Å²) in [5, 5.41) is 2.27. The molecule has 0 aliphatic carbocycles. The second kappa shape index (κ2) is 5.74. The number of nitrogens with one attached hydrogen (secondary N) is 1. The van der Waals surface area contributed by atoms with Gasteiger partial charge in [0.1, 0.15) is 5.82 Å². The molecule has 1 atom stereocenters. The molecule has 2 amide bonds. The van der Waals surface area contributed by atoms with Gasteiger partial charge in [-0.05, 0) is 24.8 Å². The Hall–Kier alpha value is -1.36. The summed E-state index contributed by atoms with van der Waals surface area (Å²) < 4.78 is 26.5. The van der Waals surface area contributed by atoms with E-state index in [1.165, 1.54) is 0 Å². The Kier molecular flexibility index (Phi) is 4.24. The molecule has 1 aliphatic heterocycles. The molecule has 1 aromatic rings. The topological polar surface area (TPSA) is 32.3 Å². The number of likely N-dealkylation sites (tertiary alicyclic amines) is 1. The first-order valence-electron chi connectivity index (χ1n) is 6.18. The average molecular weight is 289 g/mol. The number of amides is 2. The van der Waals surface area contributed by atoms with Gasteiger partial charge in [0.05, 0.1) is 10.7 Å². The van der Waals surface area contributed by atoms with E-state index in [0.29, 0.717) is 25.1 Å². The van der Waals surface area contributed by atoms with Crippen LogP contribution in [0.5, 0.6) is 0 Å². The summed E-state index contributed by atoms with van der Waals surface area (Å²) >= 11 is 5.73. The van der Waals surface area contributed by atoms with E-state index in [4.69, 9.17) is 11.6 Å². The van der Waals surface area contributed by atoms with Crippen LogP contribution in [0.1, 0.15) is 19.8 Å². The van der Waals surface area contributed by atoms with Gasteiger partial charge in [-0.3, -0.25) is 0 Å². The molecular formula is C13H15ClF2N2O. The number of halogens is 3. The number of urea groups is 1. The van der Waals surface area contributed by atoms with Gasteiger partial charge in [0.2, 0.25) is 0 Å². The summed E-state index contributed by atoms with van der Waals surface area (Å²) in [4.78, 5) is 13.6. The highest BCUT2D eigenvalue weighted by molar-refractivity contribution is 6.33. The quantitative estimate of drug-likeness (QED) is 0.835. The van der Waals surface area contributed by atoms with Crippen molar-refractivity contribution in [3.8, 4) is 0 Å². The summed E-state index contributed by atoms with van der Waals surface area (Å²) in [7, 11) is 0. The van der Waals surface area contributed by atoms with Crippen molar-refractivity contribution >= 4 is 23.3 Å². The third-order valence-electron chi connectivity index (χ3n) is 3.18. The van der Waals surface area contributed by atoms with Crippen molar-refractivity contribution in [2.24, 2.45) is 5.92 Å². The minimum atomic E-state index is -0.872. The van der Waals surface area contributed by atoms with E-state index in [0.717, 1.165) is 18.9 Å². The maximum absolute atomic E-state index is 13.6. The lowest BCUT2D eigenvalue weighted by Crippen LogP contribution is -2.41. The van der Waals surface area contributed by atoms with Crippen molar-refractivity contribution in [1.29, 1.82) is 0 Å². The Morgan fingerprint density at radius 1 is 1.47 bits per heavy atom. The van der Waals surface area contributed by atoms with Crippen LogP contribution >= 0.6 is 11.6 Å². The lowest BCUT2D eigenvalue weighted by Gasteiger charge is -2.31. The number of rotatable bonds is 1. The van der Waals surface area contributed by atoms with Gasteiger partial charge < -0.3 is 10.2 Å². The Bertz CT molecular complexity index is 473. The third-order valence-corrected chi connectivity index (χ3v) is 3.48. The highest BCUT2D eigenvalue weighted by Gasteiger charge is 2.22. The molecule has 0 bridgehead atoms. The van der Waals surface area contributed by atoms with Crippen LogP contribution in [0.3, 0.4) is 0 Å². The van der Waals surface area contributed by atoms with Crippen LogP contribution in [0.15, 0.2) is 12.1 Å². The zero-order chi connectivity index (χ0) is 14.0. The lowest BCUT2D eigenvalue weighted by molar-refractivity contribution is 0.182. The molecule has 1 saturated heterocycles. The highest BCUT2D eigenvalue weighted by atomic mass is 35.5. The SMILES string of the molecule is CC1CCCN(C(=O)Nc2c(F)cc(F)cc2Cl)C1. The first-order valence-corrected chi connectivity index (χ1v) is 6.55. The molecule has 3 nitrogen and oxygen atoms in total. The van der Waals surface area contributed by atoms with Gasteiger partial charge in [-0.25, -0.2) is 13.6 Å². The minimum Gasteiger partial charge on any atom is -0.324 e. The fourth-order valence-electron chi connectivity index (χ4n) is 2.22. The number of hydrogen-bond donors (Lipinski definition) is 1. The Morgan fingerprint density at radius 3 is 2.84 bits per heavy atom. The van der Waals surface area contributed by atoms with E-state index < -0.39 is 17.7 Å². The van der Waals surface area contributed by atoms with Crippen molar-refractivity contribution in [2.45, 2.75) is 19.8 Å². The van der Waals surface area contributed by atoms with E-state index >= 15 is 0 Å². The molecule has 0 saturated carbocycles. The molecule has 6 heteroatoms. The molecule has 1 heterocycles. The van der Waals surface area contributed by atoms with Crippen LogP contribution in [0.25, 0.3) is 0 Å². The largest absolute Gasteiger partial charge is 0.324 e. The summed E-state index contributed by atoms with van der Waals surface area (Å²) in [5.74, 6) is -1.22. The van der Waals surface area contributed by atoms with Gasteiger partial charge >= 0.3 is 6.03 Å². The van der Waals surface area contributed by atoms with Crippen LogP contribution in [0.4, 0.5) is 19.3 Å². The van der Waals surface area contributed by atoms with E-state index in [1.54, 1.807) is 4.90 Å². The van der Waals surface area contributed by atoms with Gasteiger partial charge in [0, 0.05) is 19.2 Å². The molecule has 2 rings (SSSR count). The number of carbonyl (C=O) groups excluding carboxylic acids is 1. The van der Waals surface area contributed by atoms with Gasteiger partial charge in [-0.1, -0.05) is 18.5 Å². The number of carbonyl (C=O) groups is 1. The molecule has 1 fully saturated rings. The maximum atomic E-state index is 13.6. The summed E-state index contributed by atoms with van der Waals surface area (Å²) in [6.45, 7) is 3.33. The van der Waals surface area contributed by atoms with E-state index in [-0.39, 0.29) is 10.7 Å². The standard InChI is InChI=1S/C13H15ClF2N2O/c1-8-3-2-4-18(7-8)13(19)17-12-10(14)5-9(15)6-11(12)16/h5-6,8H,2-4,7H2,1H3,(H,17,19). The van der Waals surface area contributed by atoms with E-state index in [1.807, 2.05) is 0 Å². The first-order chi connectivity index (χ1) is 8.97. The smallest absolute Gasteiger partial charge is 0.321 e. The molecule has 1 unspecified atom stereocenters. The van der Waals surface area contributed by atoms with Crippen LogP contribution < -0.4 is 5.32 Å². The minimum absolute atomic E-state index is 0.143. The van der Waals surface area contributed by atoms with Gasteiger partial charge in [-0.15, -0.1) is 0 Å². The van der Waals surface area contributed by atoms with E-state index in [9.17, 15) is 13.6 Å². The lowest BCUT2D eigenvalue weighted by atomic mass is 10.0. The molecule has 0 spiro atoms. The van der Waals surface area contributed by atoms with Crippen molar-refractivity contribution < 1.29 is 13.6 Å². The maximum Gasteiger partial charge on any atom is 0.321 e. The van der Waals surface area contributed by atoms with Gasteiger partial charge in [0.15, 0.2) is 5.82 Å². The Labute approximate surface area is 115 Å². The fourth-order valence-corrected chi connectivity index (χ4v) is 2.46. The molecule has 1 aliphatic rings. The number of benzene rings is 1. The third kappa shape index (κ3) is 3.35. The second-order valence-corrected chi connectivity index (χ2v) is 5.28. The number of piperidine rings is 1. The van der Waals surface area contributed by atoms with E-state index in [2.05, 4.69) is 12.2 Å². The van der Waals surface area contributed by atoms with Gasteiger partial charge in [0.25, 0.3) is 0 Å². The molecule has 104 valence electrons. The molecule has 0 aromatic heterocycles. The first kappa shape index (κ1) is 14.1. The van der Waals surface area contributed by atoms with Crippen LogP contribution in [-0.2, 0) is 0 Å². The van der Waals surface area contributed by atoms with Crippen molar-refractivity contribution in [2.75, 3.05) is 18.4 Å². The summed E-state index contributed by atoms with van der Waals surface area (Å²) in [6.07, 6.45) is 2.00. The number of nitrogens with zero attached hydrogens (tertiary/aromatic N) is 1. The van der Waals surface area contributed by atoms with Crippen LogP contribution in [0.2, 0.25) is 5.02 Å². The molecule has 0 radical (unpaired) electrons. The predicted molar refractivity (Wildman–Crippen MR) is 70.4 cm³/mol. The second-order valence-electron chi connectivity index (χ2n) is 4.87. The number of hydrogen-bond acceptors (Lipinski definition) is 1. The normalized spacial score (nSPS) is 19.4. The highest BCUT2D eigenvalue weighted by Crippen LogP contribution is 2.27. The molecule has 19 heavy (non-hydrogen) atoms. The molecular weight excluding hydrogens is 274 g/mol. The van der Waals surface area contributed by atoms with Gasteiger partial charge in [-0.2, -0.15) is 0 Å². The van der Waals surface area contributed by atoms with Crippen molar-refractivity contribution in [1.82, 2.24) is 4.90 Å². The zero-order valence-corrected chi connectivity index (χ0v) is 11.3. The monoisotopic (exact) mass is 288 g/mol. The zero-order valence-electron chi connectivity index (χ0n) is 10.5. The van der Waals surface area contributed by atoms with Crippen molar-refractivity contribution in [3.63, 3.8) is 0 Å². The molecule has 1 aromatic carbocycles. The fraction of sp³-hybridized carbons (Fsp3) is 0.462. The number of anilines is 1. The Morgan fingerprint density at radius 2 is 2.21 bits per heavy atom. The summed E-state index contributed by atoms with van der Waals surface area (Å²) in [6, 6.07) is 1.26. The van der Waals surface area contributed by atoms with Crippen LogP contribution in [-0.4, -0.2) is 24.0 Å². The Balaban J connectivity index is 2.10. The average Bonchev–Trinajstić information content (AvgIpc) is 2.33. The van der Waals surface area contributed by atoms with Crippen molar-refractivity contribution in [3.05, 3.63) is 28.8 Å². The summed E-state index contributed by atoms with van der Waals surface area (Å²) in [5.41, 5.74) is -0.175. The molecule has 1 N–H and O–H groups in total. The predicted octanol–water partition coefficient (Wildman–Crippen LogP) is 3.88.